The summed E-state index contributed by atoms with van der Waals surface area (Å²) in [7, 11) is 1.56. The van der Waals surface area contributed by atoms with Crippen molar-refractivity contribution in [3.05, 3.63) is 35.9 Å². The predicted octanol–water partition coefficient (Wildman–Crippen LogP) is 1.95. The Labute approximate surface area is 113 Å². The number of benzene rings is 1. The van der Waals surface area contributed by atoms with Crippen molar-refractivity contribution < 1.29 is 14.3 Å². The van der Waals surface area contributed by atoms with Crippen LogP contribution in [0.3, 0.4) is 0 Å². The Morgan fingerprint density at radius 3 is 2.53 bits per heavy atom. The number of ether oxygens (including phenoxy) is 1. The van der Waals surface area contributed by atoms with E-state index < -0.39 is 5.97 Å². The molecule has 0 aliphatic carbocycles. The number of likely N-dealkylation sites (N-methyl/N-ethyl adjacent to an activating group) is 1. The van der Waals surface area contributed by atoms with E-state index in [2.05, 4.69) is 5.32 Å². The molecule has 0 fully saturated rings. The highest BCUT2D eigenvalue weighted by molar-refractivity contribution is 5.80. The van der Waals surface area contributed by atoms with Crippen LogP contribution < -0.4 is 5.32 Å². The van der Waals surface area contributed by atoms with E-state index in [1.165, 1.54) is 4.90 Å². The van der Waals surface area contributed by atoms with Crippen molar-refractivity contribution in [3.8, 4) is 0 Å². The van der Waals surface area contributed by atoms with Gasteiger partial charge in [-0.05, 0) is 19.4 Å². The minimum Gasteiger partial charge on any atom is -0.465 e. The lowest BCUT2D eigenvalue weighted by molar-refractivity contribution is -0.143. The molecule has 5 nitrogen and oxygen atoms in total. The predicted molar refractivity (Wildman–Crippen MR) is 72.7 cm³/mol. The highest BCUT2D eigenvalue weighted by Crippen LogP contribution is 2.11. The number of urea groups is 1. The summed E-state index contributed by atoms with van der Waals surface area (Å²) in [6.45, 7) is 3.89. The van der Waals surface area contributed by atoms with Crippen LogP contribution in [0.4, 0.5) is 4.79 Å². The molecule has 0 heterocycles. The van der Waals surface area contributed by atoms with Crippen molar-refractivity contribution in [1.82, 2.24) is 10.2 Å². The Balaban J connectivity index is 2.48. The number of carbonyl (C=O) groups is 2. The molecule has 0 spiro atoms. The van der Waals surface area contributed by atoms with E-state index >= 15 is 0 Å². The molecule has 0 aliphatic heterocycles. The third-order valence-electron chi connectivity index (χ3n) is 2.66. The third-order valence-corrected chi connectivity index (χ3v) is 2.66. The molecule has 0 aliphatic rings. The number of esters is 1. The van der Waals surface area contributed by atoms with Crippen LogP contribution in [-0.2, 0) is 9.53 Å². The van der Waals surface area contributed by atoms with Gasteiger partial charge in [-0.3, -0.25) is 4.79 Å². The smallest absolute Gasteiger partial charge is 0.325 e. The van der Waals surface area contributed by atoms with Gasteiger partial charge in [0.05, 0.1) is 12.6 Å². The zero-order valence-corrected chi connectivity index (χ0v) is 11.6. The number of rotatable bonds is 5. The average molecular weight is 264 g/mol. The summed E-state index contributed by atoms with van der Waals surface area (Å²) in [5.41, 5.74) is 1.01. The van der Waals surface area contributed by atoms with Gasteiger partial charge in [0.25, 0.3) is 0 Å². The number of carbonyl (C=O) groups excluding carboxylic acids is 2. The standard InChI is InChI=1S/C14H20N2O3/c1-4-19-13(17)10-16(3)14(18)15-11(2)12-8-6-5-7-9-12/h5-9,11H,4,10H2,1-3H3,(H,15,18)/t11-/m0/s1. The van der Waals surface area contributed by atoms with E-state index in [1.807, 2.05) is 37.3 Å². The lowest BCUT2D eigenvalue weighted by Crippen LogP contribution is -2.41. The van der Waals surface area contributed by atoms with Crippen LogP contribution in [0.5, 0.6) is 0 Å². The molecule has 1 rings (SSSR count). The van der Waals surface area contributed by atoms with Gasteiger partial charge in [0.1, 0.15) is 6.54 Å². The number of nitrogens with one attached hydrogen (secondary N) is 1. The van der Waals surface area contributed by atoms with Crippen molar-refractivity contribution in [2.45, 2.75) is 19.9 Å². The Kier molecular flexibility index (Phi) is 5.85. The second-order valence-electron chi connectivity index (χ2n) is 4.24. The molecule has 0 radical (unpaired) electrons. The summed E-state index contributed by atoms with van der Waals surface area (Å²) in [4.78, 5) is 24.4. The first-order chi connectivity index (χ1) is 9.04. The van der Waals surface area contributed by atoms with Crippen LogP contribution in [0.1, 0.15) is 25.5 Å². The lowest BCUT2D eigenvalue weighted by atomic mass is 10.1. The molecule has 0 unspecified atom stereocenters. The SMILES string of the molecule is CCOC(=O)CN(C)C(=O)N[C@@H](C)c1ccccc1. The summed E-state index contributed by atoms with van der Waals surface area (Å²) < 4.78 is 4.79. The first kappa shape index (κ1) is 15.0. The maximum Gasteiger partial charge on any atom is 0.325 e. The molecule has 2 amide bonds. The van der Waals surface area contributed by atoms with Crippen molar-refractivity contribution >= 4 is 12.0 Å². The molecule has 5 heteroatoms. The van der Waals surface area contributed by atoms with Gasteiger partial charge >= 0.3 is 12.0 Å². The van der Waals surface area contributed by atoms with Gasteiger partial charge < -0.3 is 15.0 Å². The normalized spacial score (nSPS) is 11.5. The van der Waals surface area contributed by atoms with Crippen LogP contribution >= 0.6 is 0 Å². The van der Waals surface area contributed by atoms with E-state index in [1.54, 1.807) is 14.0 Å². The fourth-order valence-electron chi connectivity index (χ4n) is 1.59. The molecule has 0 saturated heterocycles. The highest BCUT2D eigenvalue weighted by Gasteiger charge is 2.16. The zero-order chi connectivity index (χ0) is 14.3. The summed E-state index contributed by atoms with van der Waals surface area (Å²) in [5.74, 6) is -0.410. The van der Waals surface area contributed by atoms with E-state index in [-0.39, 0.29) is 18.6 Å². The molecular weight excluding hydrogens is 244 g/mol. The quantitative estimate of drug-likeness (QED) is 0.827. The summed E-state index contributed by atoms with van der Waals surface area (Å²) in [6.07, 6.45) is 0. The average Bonchev–Trinajstić information content (AvgIpc) is 2.39. The maximum atomic E-state index is 11.9. The lowest BCUT2D eigenvalue weighted by Gasteiger charge is -2.20. The molecule has 1 aromatic carbocycles. The monoisotopic (exact) mass is 264 g/mol. The number of hydrogen-bond acceptors (Lipinski definition) is 3. The van der Waals surface area contributed by atoms with Crippen molar-refractivity contribution in [1.29, 1.82) is 0 Å². The van der Waals surface area contributed by atoms with Crippen LogP contribution in [0.25, 0.3) is 0 Å². The zero-order valence-electron chi connectivity index (χ0n) is 11.6. The Bertz CT molecular complexity index is 420. The van der Waals surface area contributed by atoms with E-state index in [9.17, 15) is 9.59 Å². The van der Waals surface area contributed by atoms with Gasteiger partial charge in [-0.2, -0.15) is 0 Å². The number of nitrogens with zero attached hydrogens (tertiary/aromatic N) is 1. The van der Waals surface area contributed by atoms with E-state index in [0.29, 0.717) is 6.61 Å². The third kappa shape index (κ3) is 4.99. The summed E-state index contributed by atoms with van der Waals surface area (Å²) in [5, 5.41) is 2.82. The van der Waals surface area contributed by atoms with Crippen LogP contribution in [0, 0.1) is 0 Å². The molecule has 1 aromatic rings. The topological polar surface area (TPSA) is 58.6 Å². The van der Waals surface area contributed by atoms with E-state index in [0.717, 1.165) is 5.56 Å². The van der Waals surface area contributed by atoms with Gasteiger partial charge in [-0.25, -0.2) is 4.79 Å². The van der Waals surface area contributed by atoms with Crippen molar-refractivity contribution in [2.24, 2.45) is 0 Å². The summed E-state index contributed by atoms with van der Waals surface area (Å²) in [6, 6.07) is 9.22. The largest absolute Gasteiger partial charge is 0.465 e. The molecule has 19 heavy (non-hydrogen) atoms. The van der Waals surface area contributed by atoms with Crippen LogP contribution in [-0.4, -0.2) is 37.1 Å². The molecule has 0 saturated carbocycles. The van der Waals surface area contributed by atoms with Gasteiger partial charge in [-0.1, -0.05) is 30.3 Å². The minimum atomic E-state index is -0.410. The Hall–Kier alpha value is -2.04. The number of hydrogen-bond donors (Lipinski definition) is 1. The van der Waals surface area contributed by atoms with Gasteiger partial charge in [0, 0.05) is 7.05 Å². The molecule has 0 bridgehead atoms. The second-order valence-corrected chi connectivity index (χ2v) is 4.24. The van der Waals surface area contributed by atoms with Crippen LogP contribution in [0.2, 0.25) is 0 Å². The second kappa shape index (κ2) is 7.41. The van der Waals surface area contributed by atoms with Gasteiger partial charge in [0.15, 0.2) is 0 Å². The van der Waals surface area contributed by atoms with Crippen LogP contribution in [0.15, 0.2) is 30.3 Å². The summed E-state index contributed by atoms with van der Waals surface area (Å²) >= 11 is 0. The van der Waals surface area contributed by atoms with Crippen molar-refractivity contribution in [3.63, 3.8) is 0 Å². The van der Waals surface area contributed by atoms with E-state index in [4.69, 9.17) is 4.74 Å². The van der Waals surface area contributed by atoms with Crippen molar-refractivity contribution in [2.75, 3.05) is 20.2 Å². The fourth-order valence-corrected chi connectivity index (χ4v) is 1.59. The first-order valence-corrected chi connectivity index (χ1v) is 6.26. The fraction of sp³-hybridized carbons (Fsp3) is 0.429. The first-order valence-electron chi connectivity index (χ1n) is 6.26. The molecule has 1 atom stereocenters. The molecule has 0 aromatic heterocycles. The molecule has 1 N–H and O–H groups in total. The number of amides is 2. The molecule has 104 valence electrons. The Morgan fingerprint density at radius 1 is 1.32 bits per heavy atom. The highest BCUT2D eigenvalue weighted by atomic mass is 16.5. The van der Waals surface area contributed by atoms with Gasteiger partial charge in [-0.15, -0.1) is 0 Å². The van der Waals surface area contributed by atoms with Gasteiger partial charge in [0.2, 0.25) is 0 Å². The Morgan fingerprint density at radius 2 is 1.95 bits per heavy atom. The minimum absolute atomic E-state index is 0.0544. The maximum absolute atomic E-state index is 11.9. The molecular formula is C14H20N2O3.